The van der Waals surface area contributed by atoms with Gasteiger partial charge in [-0.15, -0.1) is 0 Å². The van der Waals surface area contributed by atoms with Crippen molar-refractivity contribution in [3.63, 3.8) is 0 Å². The van der Waals surface area contributed by atoms with Crippen molar-refractivity contribution in [3.8, 4) is 11.5 Å². The quantitative estimate of drug-likeness (QED) is 0.473. The van der Waals surface area contributed by atoms with E-state index in [2.05, 4.69) is 4.98 Å². The monoisotopic (exact) mass is 408 g/mol. The molecule has 0 saturated carbocycles. The van der Waals surface area contributed by atoms with Gasteiger partial charge in [0, 0.05) is 24.0 Å². The second-order valence-corrected chi connectivity index (χ2v) is 6.84. The highest BCUT2D eigenvalue weighted by molar-refractivity contribution is 6.00. The van der Waals surface area contributed by atoms with Gasteiger partial charge in [-0.1, -0.05) is 0 Å². The summed E-state index contributed by atoms with van der Waals surface area (Å²) in [5, 5.41) is 0.329. The molecule has 1 aromatic carbocycles. The van der Waals surface area contributed by atoms with Crippen LogP contribution in [0.1, 0.15) is 33.3 Å². The molecule has 1 aliphatic rings. The Morgan fingerprint density at radius 3 is 2.67 bits per heavy atom. The highest BCUT2D eigenvalue weighted by atomic mass is 16.6. The predicted octanol–water partition coefficient (Wildman–Crippen LogP) is 2.54. The molecule has 0 N–H and O–H groups in total. The molecule has 0 saturated heterocycles. The molecule has 4 rings (SSSR count). The van der Waals surface area contributed by atoms with Crippen molar-refractivity contribution in [3.05, 3.63) is 63.6 Å². The molecule has 8 heteroatoms. The van der Waals surface area contributed by atoms with Crippen LogP contribution in [-0.2, 0) is 11.3 Å². The third-order valence-electron chi connectivity index (χ3n) is 4.82. The van der Waals surface area contributed by atoms with Gasteiger partial charge in [-0.3, -0.25) is 9.59 Å². The fourth-order valence-corrected chi connectivity index (χ4v) is 3.26. The fourth-order valence-electron chi connectivity index (χ4n) is 3.26. The third kappa shape index (κ3) is 3.63. The molecule has 0 aliphatic carbocycles. The number of nitrogens with zero attached hydrogens (tertiary/aromatic N) is 2. The maximum absolute atomic E-state index is 12.8. The van der Waals surface area contributed by atoms with E-state index in [0.717, 1.165) is 5.69 Å². The average molecular weight is 408 g/mol. The first-order valence-corrected chi connectivity index (χ1v) is 9.58. The van der Waals surface area contributed by atoms with Crippen LogP contribution in [0.25, 0.3) is 11.0 Å². The number of hydrogen-bond donors (Lipinski definition) is 0. The number of rotatable bonds is 5. The van der Waals surface area contributed by atoms with Crippen LogP contribution in [0.4, 0.5) is 0 Å². The van der Waals surface area contributed by atoms with E-state index >= 15 is 0 Å². The van der Waals surface area contributed by atoms with Gasteiger partial charge in [-0.25, -0.2) is 9.78 Å². The van der Waals surface area contributed by atoms with Crippen LogP contribution >= 0.6 is 0 Å². The Morgan fingerprint density at radius 2 is 1.90 bits per heavy atom. The number of benzene rings is 1. The first-order valence-electron chi connectivity index (χ1n) is 9.58. The molecule has 0 bridgehead atoms. The number of hydrogen-bond acceptors (Lipinski definition) is 7. The highest BCUT2D eigenvalue weighted by Crippen LogP contribution is 2.30. The van der Waals surface area contributed by atoms with E-state index < -0.39 is 23.8 Å². The molecule has 2 aromatic heterocycles. The molecule has 0 fully saturated rings. The van der Waals surface area contributed by atoms with E-state index in [1.807, 2.05) is 13.8 Å². The third-order valence-corrected chi connectivity index (χ3v) is 4.82. The molecule has 0 unspecified atom stereocenters. The summed E-state index contributed by atoms with van der Waals surface area (Å²) < 4.78 is 17.8. The second kappa shape index (κ2) is 7.98. The minimum atomic E-state index is -0.851. The summed E-state index contributed by atoms with van der Waals surface area (Å²) in [5.41, 5.74) is 0.996. The zero-order valence-corrected chi connectivity index (χ0v) is 16.6. The van der Waals surface area contributed by atoms with Crippen molar-refractivity contribution < 1.29 is 23.8 Å². The molecule has 0 atom stereocenters. The lowest BCUT2D eigenvalue weighted by atomic mass is 10.1. The van der Waals surface area contributed by atoms with Crippen LogP contribution in [0.2, 0.25) is 0 Å². The lowest BCUT2D eigenvalue weighted by Gasteiger charge is -2.18. The molecule has 0 radical (unpaired) electrons. The van der Waals surface area contributed by atoms with E-state index in [9.17, 15) is 14.4 Å². The number of Topliss-reactive ketones (excluding diaryl/α,β-unsaturated/α-hetero) is 1. The average Bonchev–Trinajstić information content (AvgIpc) is 2.77. The molecule has 0 amide bonds. The van der Waals surface area contributed by atoms with Gasteiger partial charge in [-0.2, -0.15) is 0 Å². The molecule has 8 nitrogen and oxygen atoms in total. The number of ketones is 1. The number of esters is 1. The Balaban J connectivity index is 1.55. The number of aryl methyl sites for hydroxylation is 2. The Morgan fingerprint density at radius 1 is 1.13 bits per heavy atom. The van der Waals surface area contributed by atoms with Crippen LogP contribution in [0.5, 0.6) is 11.5 Å². The first-order chi connectivity index (χ1) is 14.5. The molecular formula is C22H20N2O6. The van der Waals surface area contributed by atoms with Crippen LogP contribution in [-0.4, -0.2) is 41.1 Å². The van der Waals surface area contributed by atoms with Crippen molar-refractivity contribution in [2.75, 3.05) is 19.8 Å². The van der Waals surface area contributed by atoms with Gasteiger partial charge >= 0.3 is 5.97 Å². The van der Waals surface area contributed by atoms with E-state index in [1.54, 1.807) is 34.9 Å². The van der Waals surface area contributed by atoms with Crippen molar-refractivity contribution in [1.82, 2.24) is 9.55 Å². The van der Waals surface area contributed by atoms with E-state index in [0.29, 0.717) is 47.9 Å². The van der Waals surface area contributed by atoms with Gasteiger partial charge in [0.2, 0.25) is 5.43 Å². The van der Waals surface area contributed by atoms with E-state index in [4.69, 9.17) is 14.2 Å². The maximum atomic E-state index is 12.8. The van der Waals surface area contributed by atoms with Gasteiger partial charge < -0.3 is 18.8 Å². The number of ether oxygens (including phenoxy) is 3. The minimum Gasteiger partial charge on any atom is -0.486 e. The predicted molar refractivity (Wildman–Crippen MR) is 108 cm³/mol. The number of pyridine rings is 2. The molecule has 3 heterocycles. The summed E-state index contributed by atoms with van der Waals surface area (Å²) in [6.45, 7) is 4.59. The summed E-state index contributed by atoms with van der Waals surface area (Å²) in [7, 11) is 0. The first kappa shape index (κ1) is 19.6. The zero-order chi connectivity index (χ0) is 21.3. The van der Waals surface area contributed by atoms with Crippen molar-refractivity contribution >= 4 is 22.8 Å². The highest BCUT2D eigenvalue weighted by Gasteiger charge is 2.20. The molecule has 3 aromatic rings. The Labute approximate surface area is 172 Å². The largest absolute Gasteiger partial charge is 0.486 e. The van der Waals surface area contributed by atoms with Gasteiger partial charge in [0.25, 0.3) is 0 Å². The molecule has 1 aliphatic heterocycles. The topological polar surface area (TPSA) is 96.7 Å². The van der Waals surface area contributed by atoms with Crippen LogP contribution in [0, 0.1) is 6.92 Å². The summed E-state index contributed by atoms with van der Waals surface area (Å²) in [6.07, 6.45) is 1.42. The number of fused-ring (bicyclic) bond motifs is 2. The summed E-state index contributed by atoms with van der Waals surface area (Å²) >= 11 is 0. The smallest absolute Gasteiger partial charge is 0.344 e. The zero-order valence-electron chi connectivity index (χ0n) is 16.6. The van der Waals surface area contributed by atoms with Gasteiger partial charge in [0.1, 0.15) is 24.4 Å². The SMILES string of the molecule is CCn1cc(C(=O)OCC(=O)c2ccc3c(c2)OCCO3)c(=O)c2ccc(C)nc21. The Kier molecular flexibility index (Phi) is 5.22. The van der Waals surface area contributed by atoms with Crippen LogP contribution in [0.3, 0.4) is 0 Å². The fraction of sp³-hybridized carbons (Fsp3) is 0.273. The van der Waals surface area contributed by atoms with Crippen molar-refractivity contribution in [2.45, 2.75) is 20.4 Å². The number of carbonyl (C=O) groups excluding carboxylic acids is 2. The summed E-state index contributed by atoms with van der Waals surface area (Å²) in [5.74, 6) is -0.221. The maximum Gasteiger partial charge on any atom is 0.344 e. The minimum absolute atomic E-state index is 0.134. The van der Waals surface area contributed by atoms with Crippen molar-refractivity contribution in [1.29, 1.82) is 0 Å². The van der Waals surface area contributed by atoms with Crippen LogP contribution < -0.4 is 14.9 Å². The second-order valence-electron chi connectivity index (χ2n) is 6.84. The lowest BCUT2D eigenvalue weighted by Crippen LogP contribution is -2.23. The number of carbonyl (C=O) groups is 2. The molecule has 0 spiro atoms. The normalized spacial score (nSPS) is 12.6. The van der Waals surface area contributed by atoms with Crippen LogP contribution in [0.15, 0.2) is 41.3 Å². The Hall–Kier alpha value is -3.68. The van der Waals surface area contributed by atoms with E-state index in [1.165, 1.54) is 6.20 Å². The number of aromatic nitrogens is 2. The van der Waals surface area contributed by atoms with Gasteiger partial charge in [-0.05, 0) is 44.2 Å². The standard InChI is InChI=1S/C22H20N2O6/c1-3-24-11-16(20(26)15-6-4-13(2)23-21(15)24)22(27)30-12-17(25)14-5-7-18-19(10-14)29-9-8-28-18/h4-7,10-11H,3,8-9,12H2,1-2H3. The van der Waals surface area contributed by atoms with Gasteiger partial charge in [0.15, 0.2) is 23.9 Å². The molecule has 154 valence electrons. The lowest BCUT2D eigenvalue weighted by molar-refractivity contribution is 0.0472. The van der Waals surface area contributed by atoms with Gasteiger partial charge in [0.05, 0.1) is 5.39 Å². The van der Waals surface area contributed by atoms with E-state index in [-0.39, 0.29) is 5.56 Å². The van der Waals surface area contributed by atoms with Crippen molar-refractivity contribution in [2.24, 2.45) is 0 Å². The molecular weight excluding hydrogens is 388 g/mol. The summed E-state index contributed by atoms with van der Waals surface area (Å²) in [4.78, 5) is 42.2. The summed E-state index contributed by atoms with van der Waals surface area (Å²) in [6, 6.07) is 8.13. The molecule has 30 heavy (non-hydrogen) atoms. The Bertz CT molecular complexity index is 1210.